The van der Waals surface area contributed by atoms with E-state index in [1.165, 1.54) is 0 Å². The van der Waals surface area contributed by atoms with Gasteiger partial charge in [0.25, 0.3) is 0 Å². The Bertz CT molecular complexity index is 673. The molecule has 3 rings (SSSR count). The zero-order valence-electron chi connectivity index (χ0n) is 9.08. The molecule has 0 bridgehead atoms. The molecule has 17 heavy (non-hydrogen) atoms. The third kappa shape index (κ3) is 1.61. The minimum absolute atomic E-state index is 0.239. The lowest BCUT2D eigenvalue weighted by Crippen LogP contribution is -2.14. The topological polar surface area (TPSA) is 34.9 Å². The van der Waals surface area contributed by atoms with Crippen LogP contribution in [0.5, 0.6) is 0 Å². The number of nitrogens with zero attached hydrogens (tertiary/aromatic N) is 2. The maximum Gasteiger partial charge on any atom is 0.353 e. The largest absolute Gasteiger partial charge is 0.353 e. The standard InChI is InChI=1S/C14H10N2O/c17-14-15-12-9-5-2-6-10-13(12)16(14)11-7-3-1-4-8-11/h1-10H. The number of imidazole rings is 1. The number of fused-ring (bicyclic) bond motifs is 1. The Balaban J connectivity index is 2.34. The van der Waals surface area contributed by atoms with Crippen LogP contribution >= 0.6 is 0 Å². The molecule has 0 aromatic heterocycles. The minimum atomic E-state index is -0.239. The minimum Gasteiger partial charge on any atom is -0.259 e. The third-order valence-electron chi connectivity index (χ3n) is 2.66. The second-order valence-corrected chi connectivity index (χ2v) is 3.75. The summed E-state index contributed by atoms with van der Waals surface area (Å²) in [6.45, 7) is 0. The highest BCUT2D eigenvalue weighted by atomic mass is 16.1. The summed E-state index contributed by atoms with van der Waals surface area (Å²) in [4.78, 5) is 15.9. The number of hydrogen-bond acceptors (Lipinski definition) is 2. The van der Waals surface area contributed by atoms with E-state index in [1.54, 1.807) is 4.57 Å². The first kappa shape index (κ1) is 9.78. The van der Waals surface area contributed by atoms with Gasteiger partial charge in [-0.1, -0.05) is 36.4 Å². The molecule has 0 atom stereocenters. The van der Waals surface area contributed by atoms with Crippen LogP contribution in [0.1, 0.15) is 0 Å². The predicted molar refractivity (Wildman–Crippen MR) is 66.5 cm³/mol. The number of benzene rings is 1. The smallest absolute Gasteiger partial charge is 0.259 e. The van der Waals surface area contributed by atoms with Crippen LogP contribution in [0.4, 0.5) is 0 Å². The first-order valence-electron chi connectivity index (χ1n) is 5.39. The van der Waals surface area contributed by atoms with E-state index in [2.05, 4.69) is 4.98 Å². The average Bonchev–Trinajstić information content (AvgIpc) is 2.52. The number of para-hydroxylation sites is 1. The van der Waals surface area contributed by atoms with Crippen molar-refractivity contribution in [2.75, 3.05) is 0 Å². The summed E-state index contributed by atoms with van der Waals surface area (Å²) in [5.74, 6) is 0. The van der Waals surface area contributed by atoms with Crippen LogP contribution in [-0.2, 0) is 0 Å². The summed E-state index contributed by atoms with van der Waals surface area (Å²) in [7, 11) is 0. The van der Waals surface area contributed by atoms with E-state index in [0.717, 1.165) is 11.4 Å². The van der Waals surface area contributed by atoms with Crippen molar-refractivity contribution in [1.82, 2.24) is 9.55 Å². The van der Waals surface area contributed by atoms with E-state index < -0.39 is 0 Å². The first-order valence-corrected chi connectivity index (χ1v) is 5.39. The Morgan fingerprint density at radius 2 is 1.47 bits per heavy atom. The van der Waals surface area contributed by atoms with Crippen molar-refractivity contribution in [2.45, 2.75) is 0 Å². The van der Waals surface area contributed by atoms with Crippen molar-refractivity contribution >= 4 is 0 Å². The second kappa shape index (κ2) is 3.87. The normalized spacial score (nSPS) is 10.6. The molecule has 1 aliphatic carbocycles. The van der Waals surface area contributed by atoms with E-state index in [1.807, 2.05) is 60.7 Å². The van der Waals surface area contributed by atoms with Crippen LogP contribution in [-0.4, -0.2) is 9.55 Å². The molecule has 82 valence electrons. The second-order valence-electron chi connectivity index (χ2n) is 3.75. The van der Waals surface area contributed by atoms with Gasteiger partial charge in [0.2, 0.25) is 0 Å². The van der Waals surface area contributed by atoms with Gasteiger partial charge in [0, 0.05) is 0 Å². The van der Waals surface area contributed by atoms with Gasteiger partial charge < -0.3 is 0 Å². The van der Waals surface area contributed by atoms with E-state index in [4.69, 9.17) is 0 Å². The monoisotopic (exact) mass is 222 g/mol. The summed E-state index contributed by atoms with van der Waals surface area (Å²) in [5, 5.41) is 0. The average molecular weight is 222 g/mol. The third-order valence-corrected chi connectivity index (χ3v) is 2.66. The molecular formula is C14H10N2O. The molecule has 1 aromatic carbocycles. The highest BCUT2D eigenvalue weighted by Gasteiger charge is 2.13. The highest BCUT2D eigenvalue weighted by Crippen LogP contribution is 2.19. The van der Waals surface area contributed by atoms with Gasteiger partial charge in [-0.2, -0.15) is 4.98 Å². The summed E-state index contributed by atoms with van der Waals surface area (Å²) in [5.41, 5.74) is 2.14. The molecule has 0 saturated carbocycles. The molecule has 1 aliphatic heterocycles. The van der Waals surface area contributed by atoms with Crippen LogP contribution in [0, 0.1) is 0 Å². The maximum absolute atomic E-state index is 11.9. The van der Waals surface area contributed by atoms with Crippen LogP contribution in [0.15, 0.2) is 65.5 Å². The van der Waals surface area contributed by atoms with Gasteiger partial charge in [-0.05, 0) is 24.3 Å². The summed E-state index contributed by atoms with van der Waals surface area (Å²) < 4.78 is 1.62. The van der Waals surface area contributed by atoms with Crippen LogP contribution < -0.4 is 5.69 Å². The highest BCUT2D eigenvalue weighted by molar-refractivity contribution is 5.59. The molecule has 3 nitrogen and oxygen atoms in total. The van der Waals surface area contributed by atoms with Gasteiger partial charge in [0.1, 0.15) is 0 Å². The van der Waals surface area contributed by atoms with Gasteiger partial charge in [-0.15, -0.1) is 0 Å². The molecule has 0 amide bonds. The molecule has 0 fully saturated rings. The van der Waals surface area contributed by atoms with E-state index in [9.17, 15) is 4.79 Å². The van der Waals surface area contributed by atoms with E-state index in [-0.39, 0.29) is 5.69 Å². The Morgan fingerprint density at radius 1 is 0.824 bits per heavy atom. The fourth-order valence-electron chi connectivity index (χ4n) is 1.89. The lowest BCUT2D eigenvalue weighted by Gasteiger charge is -2.03. The molecule has 1 heterocycles. The molecule has 1 aromatic rings. The molecule has 0 radical (unpaired) electrons. The zero-order valence-corrected chi connectivity index (χ0v) is 9.08. The Labute approximate surface area is 98.3 Å². The van der Waals surface area contributed by atoms with Crippen molar-refractivity contribution in [3.8, 4) is 17.1 Å². The van der Waals surface area contributed by atoms with Gasteiger partial charge in [0.05, 0.1) is 17.1 Å². The lowest BCUT2D eigenvalue weighted by molar-refractivity contribution is 1.00. The molecule has 0 N–H and O–H groups in total. The van der Waals surface area contributed by atoms with Crippen molar-refractivity contribution in [3.63, 3.8) is 0 Å². The van der Waals surface area contributed by atoms with Crippen molar-refractivity contribution in [3.05, 3.63) is 71.1 Å². The number of hydrogen-bond donors (Lipinski definition) is 0. The molecule has 0 saturated heterocycles. The molecular weight excluding hydrogens is 212 g/mol. The fraction of sp³-hybridized carbons (Fsp3) is 0. The van der Waals surface area contributed by atoms with E-state index >= 15 is 0 Å². The van der Waals surface area contributed by atoms with Crippen molar-refractivity contribution in [2.24, 2.45) is 0 Å². The summed E-state index contributed by atoms with van der Waals surface area (Å²) in [6.07, 6.45) is 0. The molecule has 0 spiro atoms. The van der Waals surface area contributed by atoms with Crippen LogP contribution in [0.2, 0.25) is 0 Å². The summed E-state index contributed by atoms with van der Waals surface area (Å²) in [6, 6.07) is 19.0. The zero-order chi connectivity index (χ0) is 11.7. The molecule has 0 unspecified atom stereocenters. The van der Waals surface area contributed by atoms with E-state index in [0.29, 0.717) is 5.69 Å². The van der Waals surface area contributed by atoms with Gasteiger partial charge >= 0.3 is 5.69 Å². The van der Waals surface area contributed by atoms with Gasteiger partial charge in [-0.3, -0.25) is 4.57 Å². The van der Waals surface area contributed by atoms with Gasteiger partial charge in [-0.25, -0.2) is 4.79 Å². The fourth-order valence-corrected chi connectivity index (χ4v) is 1.89. The number of aromatic nitrogens is 2. The molecule has 3 heteroatoms. The van der Waals surface area contributed by atoms with Gasteiger partial charge in [0.15, 0.2) is 0 Å². The van der Waals surface area contributed by atoms with Crippen molar-refractivity contribution in [1.29, 1.82) is 0 Å². The summed E-state index contributed by atoms with van der Waals surface area (Å²) >= 11 is 0. The Hall–Kier alpha value is -2.42. The lowest BCUT2D eigenvalue weighted by atomic mass is 10.2. The Kier molecular flexibility index (Phi) is 2.22. The Morgan fingerprint density at radius 3 is 2.24 bits per heavy atom. The van der Waals surface area contributed by atoms with Crippen molar-refractivity contribution < 1.29 is 0 Å². The maximum atomic E-state index is 11.9. The SMILES string of the molecule is O=c1nc2cccccc-2n1-c1ccccc1. The van der Waals surface area contributed by atoms with Crippen LogP contribution in [0.25, 0.3) is 17.1 Å². The quantitative estimate of drug-likeness (QED) is 0.633. The number of rotatable bonds is 1. The predicted octanol–water partition coefficient (Wildman–Crippen LogP) is 2.34. The first-order chi connectivity index (χ1) is 8.36. The molecule has 2 aliphatic rings. The van der Waals surface area contributed by atoms with Crippen LogP contribution in [0.3, 0.4) is 0 Å².